The molecule has 0 aromatic heterocycles. The van der Waals surface area contributed by atoms with Gasteiger partial charge in [0.25, 0.3) is 5.91 Å². The summed E-state index contributed by atoms with van der Waals surface area (Å²) in [6.45, 7) is 2.02. The first-order valence-electron chi connectivity index (χ1n) is 8.47. The van der Waals surface area contributed by atoms with E-state index in [9.17, 15) is 21.6 Å². The molecule has 0 atom stereocenters. The van der Waals surface area contributed by atoms with Gasteiger partial charge in [0.15, 0.2) is 9.84 Å². The lowest BCUT2D eigenvalue weighted by Crippen LogP contribution is -2.24. The normalized spacial score (nSPS) is 16.3. The first-order chi connectivity index (χ1) is 12.7. The summed E-state index contributed by atoms with van der Waals surface area (Å²) in [4.78, 5) is 12.5. The summed E-state index contributed by atoms with van der Waals surface area (Å²) in [7, 11) is -6.55. The summed E-state index contributed by atoms with van der Waals surface area (Å²) in [6, 6.07) is 12.3. The second-order valence-corrected chi connectivity index (χ2v) is 10.5. The van der Waals surface area contributed by atoms with Crippen LogP contribution in [0.3, 0.4) is 0 Å². The third-order valence-electron chi connectivity index (χ3n) is 4.37. The SMILES string of the molecule is CCS(=O)(=O)c1ccc(C(=O)Nc2ccc(N3CCCS3(=O)=O)cc2)cc1. The van der Waals surface area contributed by atoms with Crippen molar-refractivity contribution < 1.29 is 21.6 Å². The number of anilines is 2. The van der Waals surface area contributed by atoms with E-state index in [4.69, 9.17) is 0 Å². The molecule has 7 nitrogen and oxygen atoms in total. The Bertz CT molecular complexity index is 1040. The number of rotatable bonds is 5. The Labute approximate surface area is 159 Å². The maximum atomic E-state index is 12.3. The Hall–Kier alpha value is -2.39. The Balaban J connectivity index is 1.71. The lowest BCUT2D eigenvalue weighted by atomic mass is 10.2. The van der Waals surface area contributed by atoms with E-state index in [1.54, 1.807) is 31.2 Å². The minimum absolute atomic E-state index is 0.00235. The highest BCUT2D eigenvalue weighted by Gasteiger charge is 2.28. The van der Waals surface area contributed by atoms with Gasteiger partial charge < -0.3 is 5.32 Å². The van der Waals surface area contributed by atoms with Crippen molar-refractivity contribution in [2.24, 2.45) is 0 Å². The topological polar surface area (TPSA) is 101 Å². The summed E-state index contributed by atoms with van der Waals surface area (Å²) in [5.41, 5.74) is 1.42. The van der Waals surface area contributed by atoms with Gasteiger partial charge in [-0.2, -0.15) is 0 Å². The molecule has 1 N–H and O–H groups in total. The van der Waals surface area contributed by atoms with Crippen LogP contribution in [0, 0.1) is 0 Å². The number of amides is 1. The number of hydrogen-bond donors (Lipinski definition) is 1. The number of sulfone groups is 1. The van der Waals surface area contributed by atoms with Crippen molar-refractivity contribution in [2.75, 3.05) is 27.7 Å². The zero-order valence-corrected chi connectivity index (χ0v) is 16.4. The molecule has 0 aliphatic carbocycles. The van der Waals surface area contributed by atoms with E-state index < -0.39 is 19.9 Å². The molecule has 0 spiro atoms. The molecule has 1 saturated heterocycles. The standard InChI is InChI=1S/C18H20N2O5S2/c1-2-26(22,23)17-10-4-14(5-11-17)18(21)19-15-6-8-16(9-7-15)20-12-3-13-27(20,24)25/h4-11H,2-3,12-13H2,1H3,(H,19,21). The monoisotopic (exact) mass is 408 g/mol. The fourth-order valence-corrected chi connectivity index (χ4v) is 5.27. The average Bonchev–Trinajstić information content (AvgIpc) is 3.01. The molecule has 0 unspecified atom stereocenters. The molecular weight excluding hydrogens is 388 g/mol. The molecule has 1 heterocycles. The number of nitrogens with zero attached hydrogens (tertiary/aromatic N) is 1. The second kappa shape index (κ2) is 7.32. The predicted octanol–water partition coefficient (Wildman–Crippen LogP) is 2.27. The Morgan fingerprint density at radius 1 is 1.07 bits per heavy atom. The second-order valence-electron chi connectivity index (χ2n) is 6.17. The maximum absolute atomic E-state index is 12.3. The molecule has 1 aliphatic rings. The van der Waals surface area contributed by atoms with Gasteiger partial charge in [0.1, 0.15) is 0 Å². The van der Waals surface area contributed by atoms with Gasteiger partial charge in [-0.15, -0.1) is 0 Å². The van der Waals surface area contributed by atoms with E-state index in [0.717, 1.165) is 0 Å². The van der Waals surface area contributed by atoms with Crippen molar-refractivity contribution in [1.82, 2.24) is 0 Å². The van der Waals surface area contributed by atoms with Gasteiger partial charge in [-0.1, -0.05) is 6.92 Å². The molecule has 0 saturated carbocycles. The molecule has 1 amide bonds. The lowest BCUT2D eigenvalue weighted by molar-refractivity contribution is 0.102. The van der Waals surface area contributed by atoms with Crippen molar-refractivity contribution in [3.05, 3.63) is 54.1 Å². The smallest absolute Gasteiger partial charge is 0.255 e. The third-order valence-corrected chi connectivity index (χ3v) is 7.99. The molecule has 0 bridgehead atoms. The van der Waals surface area contributed by atoms with E-state index in [1.165, 1.54) is 28.6 Å². The summed E-state index contributed by atoms with van der Waals surface area (Å²) in [5, 5.41) is 2.71. The van der Waals surface area contributed by atoms with Crippen LogP contribution in [-0.4, -0.2) is 40.8 Å². The highest BCUT2D eigenvalue weighted by molar-refractivity contribution is 7.93. The van der Waals surface area contributed by atoms with E-state index in [2.05, 4.69) is 5.32 Å². The fourth-order valence-electron chi connectivity index (χ4n) is 2.82. The molecule has 1 aliphatic heterocycles. The minimum atomic E-state index is -3.31. The molecule has 1 fully saturated rings. The Kier molecular flexibility index (Phi) is 5.25. The van der Waals surface area contributed by atoms with E-state index >= 15 is 0 Å². The number of hydrogen-bond acceptors (Lipinski definition) is 5. The first kappa shape index (κ1) is 19.4. The van der Waals surface area contributed by atoms with Crippen LogP contribution < -0.4 is 9.62 Å². The minimum Gasteiger partial charge on any atom is -0.322 e. The molecule has 0 radical (unpaired) electrons. The van der Waals surface area contributed by atoms with Crippen molar-refractivity contribution >= 4 is 37.1 Å². The maximum Gasteiger partial charge on any atom is 0.255 e. The van der Waals surface area contributed by atoms with Gasteiger partial charge in [0.2, 0.25) is 10.0 Å². The van der Waals surface area contributed by atoms with E-state index in [0.29, 0.717) is 29.9 Å². The molecule has 2 aromatic rings. The molecule has 2 aromatic carbocycles. The van der Waals surface area contributed by atoms with Gasteiger partial charge >= 0.3 is 0 Å². The largest absolute Gasteiger partial charge is 0.322 e. The highest BCUT2D eigenvalue weighted by atomic mass is 32.2. The van der Waals surface area contributed by atoms with E-state index in [-0.39, 0.29) is 22.3 Å². The van der Waals surface area contributed by atoms with Gasteiger partial charge in [-0.05, 0) is 55.0 Å². The van der Waals surface area contributed by atoms with Crippen LogP contribution in [0.2, 0.25) is 0 Å². The Morgan fingerprint density at radius 3 is 2.22 bits per heavy atom. The molecule has 27 heavy (non-hydrogen) atoms. The quantitative estimate of drug-likeness (QED) is 0.818. The summed E-state index contributed by atoms with van der Waals surface area (Å²) >= 11 is 0. The number of nitrogens with one attached hydrogen (secondary N) is 1. The predicted molar refractivity (Wildman–Crippen MR) is 104 cm³/mol. The van der Waals surface area contributed by atoms with Crippen molar-refractivity contribution in [1.29, 1.82) is 0 Å². The van der Waals surface area contributed by atoms with E-state index in [1.807, 2.05) is 0 Å². The van der Waals surface area contributed by atoms with Gasteiger partial charge in [0.05, 0.1) is 22.1 Å². The summed E-state index contributed by atoms with van der Waals surface area (Å²) in [6.07, 6.45) is 0.602. The number of carbonyl (C=O) groups excluding carboxylic acids is 1. The van der Waals surface area contributed by atoms with Crippen molar-refractivity contribution in [2.45, 2.75) is 18.2 Å². The lowest BCUT2D eigenvalue weighted by Gasteiger charge is -2.17. The zero-order chi connectivity index (χ0) is 19.7. The zero-order valence-electron chi connectivity index (χ0n) is 14.8. The van der Waals surface area contributed by atoms with Crippen LogP contribution >= 0.6 is 0 Å². The molecule has 3 rings (SSSR count). The highest BCUT2D eigenvalue weighted by Crippen LogP contribution is 2.25. The number of benzene rings is 2. The van der Waals surface area contributed by atoms with Crippen LogP contribution in [0.25, 0.3) is 0 Å². The third kappa shape index (κ3) is 4.14. The first-order valence-corrected chi connectivity index (χ1v) is 11.7. The van der Waals surface area contributed by atoms with Crippen molar-refractivity contribution in [3.8, 4) is 0 Å². The molecular formula is C18H20N2O5S2. The van der Waals surface area contributed by atoms with Crippen molar-refractivity contribution in [3.63, 3.8) is 0 Å². The van der Waals surface area contributed by atoms with Crippen LogP contribution in [0.15, 0.2) is 53.4 Å². The number of carbonyl (C=O) groups is 1. The van der Waals surface area contributed by atoms with Crippen LogP contribution in [0.1, 0.15) is 23.7 Å². The van der Waals surface area contributed by atoms with Gasteiger partial charge in [-0.25, -0.2) is 16.8 Å². The summed E-state index contributed by atoms with van der Waals surface area (Å²) < 4.78 is 48.9. The van der Waals surface area contributed by atoms with Crippen LogP contribution in [0.5, 0.6) is 0 Å². The summed E-state index contributed by atoms with van der Waals surface area (Å²) in [5.74, 6) is -0.232. The fraction of sp³-hybridized carbons (Fsp3) is 0.278. The molecule has 144 valence electrons. The van der Waals surface area contributed by atoms with Gasteiger partial charge in [0, 0.05) is 17.8 Å². The van der Waals surface area contributed by atoms with Gasteiger partial charge in [-0.3, -0.25) is 9.10 Å². The number of sulfonamides is 1. The average molecular weight is 409 g/mol. The van der Waals surface area contributed by atoms with Crippen LogP contribution in [-0.2, 0) is 19.9 Å². The molecule has 9 heteroatoms. The Morgan fingerprint density at radius 2 is 1.70 bits per heavy atom. The van der Waals surface area contributed by atoms with Crippen LogP contribution in [0.4, 0.5) is 11.4 Å².